The third kappa shape index (κ3) is 7.11. The number of carbonyl (C=O) groups is 1. The Labute approximate surface area is 127 Å². The van der Waals surface area contributed by atoms with Crippen LogP contribution in [0.5, 0.6) is 5.75 Å². The topological polar surface area (TPSA) is 67.6 Å². The number of likely N-dealkylation sites (N-methyl/N-ethyl adjacent to an activating group) is 1. The van der Waals surface area contributed by atoms with Crippen LogP contribution < -0.4 is 15.8 Å². The lowest BCUT2D eigenvalue weighted by Gasteiger charge is -2.15. The van der Waals surface area contributed by atoms with Crippen molar-refractivity contribution in [3.05, 3.63) is 24.3 Å². The maximum absolute atomic E-state index is 12.0. The van der Waals surface area contributed by atoms with Crippen LogP contribution in [0, 0.1) is 5.92 Å². The summed E-state index contributed by atoms with van der Waals surface area (Å²) in [7, 11) is 3.99. The monoisotopic (exact) mass is 293 g/mol. The number of nitrogens with one attached hydrogen (secondary N) is 1. The Morgan fingerprint density at radius 2 is 2.10 bits per heavy atom. The standard InChI is InChI=1S/C16H27N3O2/c1-12(2)10-15(17)16(20)18-13-6-5-7-14(11-13)21-9-8-19(3)4/h5-7,11-12,15H,8-10,17H2,1-4H3,(H,18,20). The molecule has 0 saturated heterocycles. The molecule has 0 spiro atoms. The molecule has 1 unspecified atom stereocenters. The summed E-state index contributed by atoms with van der Waals surface area (Å²) in [6.45, 7) is 5.55. The van der Waals surface area contributed by atoms with Crippen molar-refractivity contribution in [2.24, 2.45) is 11.7 Å². The van der Waals surface area contributed by atoms with E-state index in [4.69, 9.17) is 10.5 Å². The number of rotatable bonds is 8. The molecule has 1 aromatic carbocycles. The van der Waals surface area contributed by atoms with Gasteiger partial charge in [-0.25, -0.2) is 0 Å². The van der Waals surface area contributed by atoms with Gasteiger partial charge in [-0.3, -0.25) is 4.79 Å². The van der Waals surface area contributed by atoms with Crippen molar-refractivity contribution in [3.63, 3.8) is 0 Å². The van der Waals surface area contributed by atoms with Gasteiger partial charge in [0.2, 0.25) is 5.91 Å². The van der Waals surface area contributed by atoms with Crippen LogP contribution in [-0.4, -0.2) is 44.1 Å². The fraction of sp³-hybridized carbons (Fsp3) is 0.562. The fourth-order valence-corrected chi connectivity index (χ4v) is 1.86. The van der Waals surface area contributed by atoms with Gasteiger partial charge >= 0.3 is 0 Å². The number of amides is 1. The lowest BCUT2D eigenvalue weighted by atomic mass is 10.0. The summed E-state index contributed by atoms with van der Waals surface area (Å²) < 4.78 is 5.64. The Hall–Kier alpha value is -1.59. The average molecular weight is 293 g/mol. The predicted molar refractivity (Wildman–Crippen MR) is 86.6 cm³/mol. The van der Waals surface area contributed by atoms with E-state index in [1.165, 1.54) is 0 Å². The van der Waals surface area contributed by atoms with Crippen molar-refractivity contribution in [3.8, 4) is 5.75 Å². The molecule has 0 aromatic heterocycles. The van der Waals surface area contributed by atoms with Crippen molar-refractivity contribution in [2.45, 2.75) is 26.3 Å². The average Bonchev–Trinajstić information content (AvgIpc) is 2.37. The van der Waals surface area contributed by atoms with Gasteiger partial charge in [0.15, 0.2) is 0 Å². The SMILES string of the molecule is CC(C)CC(N)C(=O)Nc1cccc(OCCN(C)C)c1. The molecule has 118 valence electrons. The van der Waals surface area contributed by atoms with Gasteiger partial charge in [0.05, 0.1) is 6.04 Å². The number of carbonyl (C=O) groups excluding carboxylic acids is 1. The molecule has 1 aromatic rings. The number of hydrogen-bond acceptors (Lipinski definition) is 4. The smallest absolute Gasteiger partial charge is 0.241 e. The summed E-state index contributed by atoms with van der Waals surface area (Å²) in [5.74, 6) is 0.979. The van der Waals surface area contributed by atoms with Gasteiger partial charge in [0.1, 0.15) is 12.4 Å². The van der Waals surface area contributed by atoms with Crippen LogP contribution >= 0.6 is 0 Å². The maximum atomic E-state index is 12.0. The Morgan fingerprint density at radius 3 is 2.71 bits per heavy atom. The Kier molecular flexibility index (Phi) is 7.19. The van der Waals surface area contributed by atoms with Crippen LogP contribution in [-0.2, 0) is 4.79 Å². The summed E-state index contributed by atoms with van der Waals surface area (Å²) in [5.41, 5.74) is 6.58. The van der Waals surface area contributed by atoms with E-state index in [1.54, 1.807) is 0 Å². The first-order chi connectivity index (χ1) is 9.88. The van der Waals surface area contributed by atoms with Gasteiger partial charge in [-0.05, 0) is 38.6 Å². The number of ether oxygens (including phenoxy) is 1. The minimum atomic E-state index is -0.483. The van der Waals surface area contributed by atoms with Crippen molar-refractivity contribution >= 4 is 11.6 Å². The van der Waals surface area contributed by atoms with E-state index in [9.17, 15) is 4.79 Å². The van der Waals surface area contributed by atoms with E-state index in [0.717, 1.165) is 12.3 Å². The molecule has 5 nitrogen and oxygen atoms in total. The largest absolute Gasteiger partial charge is 0.492 e. The van der Waals surface area contributed by atoms with E-state index in [1.807, 2.05) is 52.2 Å². The highest BCUT2D eigenvalue weighted by atomic mass is 16.5. The zero-order valence-corrected chi connectivity index (χ0v) is 13.4. The number of anilines is 1. The molecular formula is C16H27N3O2. The van der Waals surface area contributed by atoms with Crippen LogP contribution in [0.15, 0.2) is 24.3 Å². The highest BCUT2D eigenvalue weighted by molar-refractivity contribution is 5.94. The number of nitrogens with zero attached hydrogens (tertiary/aromatic N) is 1. The number of hydrogen-bond donors (Lipinski definition) is 2. The van der Waals surface area contributed by atoms with Crippen molar-refractivity contribution in [2.75, 3.05) is 32.6 Å². The third-order valence-corrected chi connectivity index (χ3v) is 2.97. The van der Waals surface area contributed by atoms with E-state index in [2.05, 4.69) is 10.2 Å². The molecule has 0 aliphatic carbocycles. The van der Waals surface area contributed by atoms with Crippen LogP contribution in [0.3, 0.4) is 0 Å². The molecule has 0 saturated carbocycles. The first kappa shape index (κ1) is 17.5. The normalized spacial score (nSPS) is 12.5. The highest BCUT2D eigenvalue weighted by Crippen LogP contribution is 2.18. The van der Waals surface area contributed by atoms with E-state index >= 15 is 0 Å². The zero-order chi connectivity index (χ0) is 15.8. The summed E-state index contributed by atoms with van der Waals surface area (Å²) in [6, 6.07) is 6.89. The molecule has 0 fully saturated rings. The molecule has 0 aliphatic rings. The second-order valence-corrected chi connectivity index (χ2v) is 5.90. The predicted octanol–water partition coefficient (Wildman–Crippen LogP) is 1.94. The minimum absolute atomic E-state index is 0.158. The Bertz CT molecular complexity index is 447. The lowest BCUT2D eigenvalue weighted by Crippen LogP contribution is -2.36. The summed E-state index contributed by atoms with van der Waals surface area (Å²) in [5, 5.41) is 2.83. The molecule has 1 rings (SSSR count). The molecule has 0 heterocycles. The van der Waals surface area contributed by atoms with Crippen molar-refractivity contribution < 1.29 is 9.53 Å². The molecule has 0 aliphatic heterocycles. The zero-order valence-electron chi connectivity index (χ0n) is 13.4. The number of benzene rings is 1. The molecule has 3 N–H and O–H groups in total. The first-order valence-electron chi connectivity index (χ1n) is 7.32. The van der Waals surface area contributed by atoms with E-state index < -0.39 is 6.04 Å². The molecule has 1 atom stereocenters. The second-order valence-electron chi connectivity index (χ2n) is 5.90. The van der Waals surface area contributed by atoms with Crippen molar-refractivity contribution in [1.29, 1.82) is 0 Å². The molecule has 5 heteroatoms. The van der Waals surface area contributed by atoms with Crippen molar-refractivity contribution in [1.82, 2.24) is 4.90 Å². The van der Waals surface area contributed by atoms with Gasteiger partial charge < -0.3 is 20.7 Å². The van der Waals surface area contributed by atoms with Crippen LogP contribution in [0.2, 0.25) is 0 Å². The molecule has 0 radical (unpaired) electrons. The summed E-state index contributed by atoms with van der Waals surface area (Å²) in [4.78, 5) is 14.0. The van der Waals surface area contributed by atoms with Crippen LogP contribution in [0.25, 0.3) is 0 Å². The second kappa shape index (κ2) is 8.64. The van der Waals surface area contributed by atoms with Gasteiger partial charge in [-0.15, -0.1) is 0 Å². The van der Waals surface area contributed by atoms with Gasteiger partial charge in [-0.1, -0.05) is 19.9 Å². The fourth-order valence-electron chi connectivity index (χ4n) is 1.86. The third-order valence-electron chi connectivity index (χ3n) is 2.97. The number of nitrogens with two attached hydrogens (primary N) is 1. The van der Waals surface area contributed by atoms with Crippen LogP contribution in [0.1, 0.15) is 20.3 Å². The lowest BCUT2D eigenvalue weighted by molar-refractivity contribution is -0.117. The summed E-state index contributed by atoms with van der Waals surface area (Å²) in [6.07, 6.45) is 0.671. The van der Waals surface area contributed by atoms with Gasteiger partial charge in [0, 0.05) is 18.3 Å². The molecular weight excluding hydrogens is 266 g/mol. The highest BCUT2D eigenvalue weighted by Gasteiger charge is 2.15. The molecule has 1 amide bonds. The van der Waals surface area contributed by atoms with E-state index in [0.29, 0.717) is 24.6 Å². The first-order valence-corrected chi connectivity index (χ1v) is 7.32. The minimum Gasteiger partial charge on any atom is -0.492 e. The summed E-state index contributed by atoms with van der Waals surface area (Å²) >= 11 is 0. The Morgan fingerprint density at radius 1 is 1.38 bits per heavy atom. The maximum Gasteiger partial charge on any atom is 0.241 e. The quantitative estimate of drug-likeness (QED) is 0.768. The Balaban J connectivity index is 2.53. The molecule has 0 bridgehead atoms. The molecule has 21 heavy (non-hydrogen) atoms. The van der Waals surface area contributed by atoms with Crippen LogP contribution in [0.4, 0.5) is 5.69 Å². The van der Waals surface area contributed by atoms with Gasteiger partial charge in [-0.2, -0.15) is 0 Å². The van der Waals surface area contributed by atoms with E-state index in [-0.39, 0.29) is 5.91 Å². The van der Waals surface area contributed by atoms with Gasteiger partial charge in [0.25, 0.3) is 0 Å².